The van der Waals surface area contributed by atoms with Crippen LogP contribution in [0.4, 0.5) is 11.4 Å². The highest BCUT2D eigenvalue weighted by Crippen LogP contribution is 2.41. The Morgan fingerprint density at radius 3 is 2.45 bits per heavy atom. The fourth-order valence-corrected chi connectivity index (χ4v) is 5.61. The zero-order valence-corrected chi connectivity index (χ0v) is 25.7. The van der Waals surface area contributed by atoms with Gasteiger partial charge in [-0.05, 0) is 85.8 Å². The second-order valence-electron chi connectivity index (χ2n) is 10.5. The molecule has 11 heteroatoms. The minimum absolute atomic E-state index is 0.147. The molecule has 2 N–H and O–H groups in total. The number of ether oxygens (including phenoxy) is 1. The number of fused-ring (bicyclic) bond motifs is 1. The molecule has 0 saturated heterocycles. The molecule has 1 aromatic heterocycles. The number of aromatic nitrogens is 2. The maximum absolute atomic E-state index is 14.0. The molecule has 9 nitrogen and oxygen atoms in total. The molecule has 2 atom stereocenters. The van der Waals surface area contributed by atoms with E-state index in [-0.39, 0.29) is 36.6 Å². The van der Waals surface area contributed by atoms with Gasteiger partial charge in [0.2, 0.25) is 5.91 Å². The first-order chi connectivity index (χ1) is 21.2. The molecule has 44 heavy (non-hydrogen) atoms. The van der Waals surface area contributed by atoms with E-state index < -0.39 is 6.23 Å². The highest BCUT2D eigenvalue weighted by atomic mass is 35.5. The molecule has 4 aromatic rings. The third-order valence-corrected chi connectivity index (χ3v) is 8.04. The molecule has 0 saturated carbocycles. The Hall–Kier alpha value is -4.31. The zero-order valence-electron chi connectivity index (χ0n) is 24.2. The van der Waals surface area contributed by atoms with Gasteiger partial charge in [0.05, 0.1) is 40.4 Å². The Bertz CT molecular complexity index is 1660. The number of hydrogen-bond acceptors (Lipinski definition) is 6. The largest absolute Gasteiger partial charge is 0.361 e. The van der Waals surface area contributed by atoms with E-state index in [4.69, 9.17) is 27.9 Å². The first-order valence-electron chi connectivity index (χ1n) is 14.1. The second kappa shape index (κ2) is 14.0. The molecule has 0 fully saturated rings. The van der Waals surface area contributed by atoms with Gasteiger partial charge in [-0.2, -0.15) is 0 Å². The molecule has 0 aliphatic carbocycles. The van der Waals surface area contributed by atoms with E-state index >= 15 is 0 Å². The van der Waals surface area contributed by atoms with Crippen molar-refractivity contribution in [2.75, 3.05) is 17.3 Å². The number of anilines is 2. The van der Waals surface area contributed by atoms with Gasteiger partial charge in [0.1, 0.15) is 6.23 Å². The third-order valence-electron chi connectivity index (χ3n) is 7.47. The number of halogens is 2. The van der Waals surface area contributed by atoms with Gasteiger partial charge < -0.3 is 15.4 Å². The summed E-state index contributed by atoms with van der Waals surface area (Å²) in [6.45, 7) is 2.12. The molecule has 0 spiro atoms. The van der Waals surface area contributed by atoms with Crippen molar-refractivity contribution in [1.82, 2.24) is 15.3 Å². The Kier molecular flexibility index (Phi) is 9.89. The molecule has 1 aliphatic heterocycles. The lowest BCUT2D eigenvalue weighted by molar-refractivity contribution is -0.121. The van der Waals surface area contributed by atoms with E-state index in [1.54, 1.807) is 85.1 Å². The smallest absolute Gasteiger partial charge is 0.260 e. The average Bonchev–Trinajstić information content (AvgIpc) is 3.17. The number of rotatable bonds is 8. The fourth-order valence-electron chi connectivity index (χ4n) is 5.21. The molecule has 3 amide bonds. The molecule has 2 unspecified atom stereocenters. The number of aryl methyl sites for hydroxylation is 1. The van der Waals surface area contributed by atoms with Crippen molar-refractivity contribution in [3.05, 3.63) is 117 Å². The van der Waals surface area contributed by atoms with Crippen molar-refractivity contribution in [2.45, 2.75) is 44.9 Å². The molecule has 0 bridgehead atoms. The number of carbonyl (C=O) groups is 3. The normalized spacial score (nSPS) is 16.0. The molecule has 1 aliphatic rings. The Morgan fingerprint density at radius 2 is 1.75 bits per heavy atom. The number of benzene rings is 3. The summed E-state index contributed by atoms with van der Waals surface area (Å²) < 4.78 is 5.81. The molecule has 3 aromatic carbocycles. The summed E-state index contributed by atoms with van der Waals surface area (Å²) in [7, 11) is 1.56. The molecular weight excluding hydrogens is 601 g/mol. The van der Waals surface area contributed by atoms with Crippen molar-refractivity contribution >= 4 is 52.3 Å². The maximum Gasteiger partial charge on any atom is 0.260 e. The lowest BCUT2D eigenvalue weighted by atomic mass is 9.90. The van der Waals surface area contributed by atoms with Crippen LogP contribution in [0.2, 0.25) is 10.0 Å². The van der Waals surface area contributed by atoms with E-state index in [1.807, 2.05) is 13.0 Å². The van der Waals surface area contributed by atoms with Crippen molar-refractivity contribution in [3.63, 3.8) is 0 Å². The summed E-state index contributed by atoms with van der Waals surface area (Å²) in [5.74, 6) is -0.987. The van der Waals surface area contributed by atoms with E-state index in [0.717, 1.165) is 11.3 Å². The van der Waals surface area contributed by atoms with Crippen LogP contribution >= 0.6 is 23.2 Å². The Morgan fingerprint density at radius 1 is 0.977 bits per heavy atom. The summed E-state index contributed by atoms with van der Waals surface area (Å²) in [5.41, 5.74) is 4.15. The van der Waals surface area contributed by atoms with Crippen LogP contribution in [0, 0.1) is 6.92 Å². The number of methoxy groups -OCH3 is 1. The van der Waals surface area contributed by atoms with E-state index in [0.29, 0.717) is 51.1 Å². The SMILES string of the molecule is COC1CCC(CC(=O)NCc2cnc(C)cn2)c2cc(Cl)ccc2N1C(=O)c1ccc(NC(=O)c2ccccc2Cl)cc1. The van der Waals surface area contributed by atoms with Crippen LogP contribution in [0.15, 0.2) is 79.1 Å². The maximum atomic E-state index is 14.0. The molecular formula is C33H31Cl2N5O4. The summed E-state index contributed by atoms with van der Waals surface area (Å²) in [6.07, 6.45) is 4.03. The molecule has 226 valence electrons. The monoisotopic (exact) mass is 631 g/mol. The van der Waals surface area contributed by atoms with Gasteiger partial charge in [0.25, 0.3) is 11.8 Å². The van der Waals surface area contributed by atoms with Gasteiger partial charge in [0.15, 0.2) is 0 Å². The van der Waals surface area contributed by atoms with Crippen LogP contribution in [-0.2, 0) is 16.1 Å². The van der Waals surface area contributed by atoms with E-state index in [2.05, 4.69) is 20.6 Å². The standard InChI is InChI=1S/C33H31Cl2N5O4/c1-20-17-37-25(18-36-20)19-38-30(41)15-22-9-14-31(44-2)40(29-13-10-23(34)16-27(22)29)33(43)21-7-11-24(12-8-21)39-32(42)26-5-3-4-6-28(26)35/h3-8,10-13,16-18,22,31H,9,14-15,19H2,1-2H3,(H,38,41)(H,39,42). The molecule has 2 heterocycles. The Balaban J connectivity index is 1.35. The zero-order chi connectivity index (χ0) is 31.2. The number of amides is 3. The van der Waals surface area contributed by atoms with Gasteiger partial charge in [-0.25, -0.2) is 0 Å². The third kappa shape index (κ3) is 7.24. The summed E-state index contributed by atoms with van der Waals surface area (Å²) >= 11 is 12.6. The van der Waals surface area contributed by atoms with Crippen LogP contribution < -0.4 is 15.5 Å². The predicted molar refractivity (Wildman–Crippen MR) is 170 cm³/mol. The summed E-state index contributed by atoms with van der Waals surface area (Å²) in [6, 6.07) is 18.7. The molecule has 0 radical (unpaired) electrons. The van der Waals surface area contributed by atoms with Crippen molar-refractivity contribution in [3.8, 4) is 0 Å². The highest BCUT2D eigenvalue weighted by molar-refractivity contribution is 6.34. The van der Waals surface area contributed by atoms with Crippen molar-refractivity contribution in [2.24, 2.45) is 0 Å². The second-order valence-corrected chi connectivity index (χ2v) is 11.3. The van der Waals surface area contributed by atoms with Crippen LogP contribution in [0.3, 0.4) is 0 Å². The number of nitrogens with zero attached hydrogens (tertiary/aromatic N) is 3. The predicted octanol–water partition coefficient (Wildman–Crippen LogP) is 6.55. The van der Waals surface area contributed by atoms with Crippen molar-refractivity contribution in [1.29, 1.82) is 0 Å². The van der Waals surface area contributed by atoms with Gasteiger partial charge in [-0.3, -0.25) is 29.3 Å². The average molecular weight is 633 g/mol. The van der Waals surface area contributed by atoms with Crippen LogP contribution in [0.1, 0.15) is 62.8 Å². The van der Waals surface area contributed by atoms with Crippen LogP contribution in [-0.4, -0.2) is 41.0 Å². The number of carbonyl (C=O) groups excluding carboxylic acids is 3. The quantitative estimate of drug-likeness (QED) is 0.228. The van der Waals surface area contributed by atoms with E-state index in [9.17, 15) is 14.4 Å². The van der Waals surface area contributed by atoms with Gasteiger partial charge in [-0.1, -0.05) is 35.3 Å². The highest BCUT2D eigenvalue weighted by Gasteiger charge is 2.34. The minimum atomic E-state index is -0.571. The van der Waals surface area contributed by atoms with Gasteiger partial charge >= 0.3 is 0 Å². The summed E-state index contributed by atoms with van der Waals surface area (Å²) in [4.78, 5) is 49.8. The topological polar surface area (TPSA) is 114 Å². The van der Waals surface area contributed by atoms with Gasteiger partial charge in [0, 0.05) is 36.0 Å². The van der Waals surface area contributed by atoms with Crippen LogP contribution in [0.5, 0.6) is 0 Å². The minimum Gasteiger partial charge on any atom is -0.361 e. The lowest BCUT2D eigenvalue weighted by Gasteiger charge is -2.30. The lowest BCUT2D eigenvalue weighted by Crippen LogP contribution is -2.41. The molecule has 5 rings (SSSR count). The summed E-state index contributed by atoms with van der Waals surface area (Å²) in [5, 5.41) is 6.59. The van der Waals surface area contributed by atoms with E-state index in [1.165, 1.54) is 0 Å². The number of hydrogen-bond donors (Lipinski definition) is 2. The Labute approximate surface area is 265 Å². The first-order valence-corrected chi connectivity index (χ1v) is 14.8. The van der Waals surface area contributed by atoms with Crippen LogP contribution in [0.25, 0.3) is 0 Å². The van der Waals surface area contributed by atoms with Crippen molar-refractivity contribution < 1.29 is 19.1 Å². The van der Waals surface area contributed by atoms with Gasteiger partial charge in [-0.15, -0.1) is 0 Å². The number of nitrogens with one attached hydrogen (secondary N) is 2. The fraction of sp³-hybridized carbons (Fsp3) is 0.242. The first kappa shape index (κ1) is 31.1.